The fourth-order valence-electron chi connectivity index (χ4n) is 2.15. The molecule has 2 rings (SSSR count). The molecule has 2 amide bonds. The highest BCUT2D eigenvalue weighted by atomic mass is 32.2. The zero-order chi connectivity index (χ0) is 22.3. The number of hydrogen-bond donors (Lipinski definition) is 3. The summed E-state index contributed by atoms with van der Waals surface area (Å²) >= 11 is 2.52. The molecule has 1 aromatic carbocycles. The zero-order valence-electron chi connectivity index (χ0n) is 17.0. The second-order valence-electron chi connectivity index (χ2n) is 6.66. The number of sulfonamides is 1. The van der Waals surface area contributed by atoms with Crippen LogP contribution in [-0.2, 0) is 26.2 Å². The lowest BCUT2D eigenvalue weighted by atomic mass is 10.2. The Morgan fingerprint density at radius 3 is 2.50 bits per heavy atom. The van der Waals surface area contributed by atoms with Gasteiger partial charge in [0.2, 0.25) is 10.0 Å². The molecule has 0 saturated carbocycles. The van der Waals surface area contributed by atoms with Crippen molar-refractivity contribution >= 4 is 55.8 Å². The van der Waals surface area contributed by atoms with Gasteiger partial charge in [-0.2, -0.15) is 0 Å². The molecule has 0 atom stereocenters. The van der Waals surface area contributed by atoms with Crippen molar-refractivity contribution in [2.75, 3.05) is 29.8 Å². The summed E-state index contributed by atoms with van der Waals surface area (Å²) in [7, 11) is -3.38. The zero-order valence-corrected chi connectivity index (χ0v) is 19.5. The molecule has 1 aromatic heterocycles. The molecule has 164 valence electrons. The minimum Gasteiger partial charge on any atom is -0.491 e. The number of nitrogens with zero attached hydrogens (tertiary/aromatic N) is 1. The van der Waals surface area contributed by atoms with Crippen LogP contribution in [0.25, 0.3) is 0 Å². The fourth-order valence-corrected chi connectivity index (χ4v) is 4.18. The molecule has 9 nitrogen and oxygen atoms in total. The first-order chi connectivity index (χ1) is 14.1. The first-order valence-electron chi connectivity index (χ1n) is 8.91. The smallest absolute Gasteiger partial charge is 0.315 e. The van der Waals surface area contributed by atoms with Gasteiger partial charge in [0, 0.05) is 0 Å². The minimum atomic E-state index is -3.38. The summed E-state index contributed by atoms with van der Waals surface area (Å²) in [5.74, 6) is -0.982. The number of para-hydroxylation sites is 2. The summed E-state index contributed by atoms with van der Waals surface area (Å²) in [5, 5.41) is 5.19. The van der Waals surface area contributed by atoms with E-state index in [1.807, 2.05) is 20.1 Å². The molecule has 0 aliphatic rings. The van der Waals surface area contributed by atoms with E-state index in [2.05, 4.69) is 20.3 Å². The molecule has 2 aromatic rings. The van der Waals surface area contributed by atoms with Crippen molar-refractivity contribution in [2.45, 2.75) is 24.6 Å². The van der Waals surface area contributed by atoms with Gasteiger partial charge in [-0.05, 0) is 24.3 Å². The van der Waals surface area contributed by atoms with Gasteiger partial charge in [-0.1, -0.05) is 37.3 Å². The highest BCUT2D eigenvalue weighted by Crippen LogP contribution is 2.31. The Morgan fingerprint density at radius 2 is 1.87 bits per heavy atom. The molecule has 0 aliphatic carbocycles. The highest BCUT2D eigenvalue weighted by Gasteiger charge is 2.19. The van der Waals surface area contributed by atoms with Gasteiger partial charge >= 0.3 is 11.8 Å². The number of nitrogens with one attached hydrogen (secondary N) is 3. The molecule has 0 spiro atoms. The number of aromatic nitrogens is 1. The van der Waals surface area contributed by atoms with Crippen LogP contribution in [0.5, 0.6) is 5.75 Å². The van der Waals surface area contributed by atoms with Gasteiger partial charge in [-0.3, -0.25) is 14.9 Å². The maximum atomic E-state index is 12.3. The van der Waals surface area contributed by atoms with Crippen molar-refractivity contribution in [3.8, 4) is 5.75 Å². The summed E-state index contributed by atoms with van der Waals surface area (Å²) in [6.45, 7) is 4.48. The van der Waals surface area contributed by atoms with E-state index >= 15 is 0 Å². The number of ether oxygens (including phenoxy) is 1. The molecular weight excluding hydrogens is 448 g/mol. The van der Waals surface area contributed by atoms with E-state index in [0.29, 0.717) is 29.7 Å². The first kappa shape index (κ1) is 24.1. The number of carbonyl (C=O) groups is 2. The van der Waals surface area contributed by atoms with Crippen molar-refractivity contribution in [2.24, 2.45) is 5.92 Å². The molecule has 1 heterocycles. The van der Waals surface area contributed by atoms with E-state index in [0.717, 1.165) is 21.8 Å². The average Bonchev–Trinajstić information content (AvgIpc) is 3.06. The van der Waals surface area contributed by atoms with Gasteiger partial charge in [0.25, 0.3) is 0 Å². The Hall–Kier alpha value is -2.15. The molecule has 0 aliphatic heterocycles. The second-order valence-corrected chi connectivity index (χ2v) is 10.6. The third-order valence-electron chi connectivity index (χ3n) is 3.48. The van der Waals surface area contributed by atoms with Crippen LogP contribution < -0.4 is 20.1 Å². The van der Waals surface area contributed by atoms with Gasteiger partial charge < -0.3 is 10.1 Å². The van der Waals surface area contributed by atoms with Crippen molar-refractivity contribution in [3.63, 3.8) is 0 Å². The highest BCUT2D eigenvalue weighted by molar-refractivity contribution is 8.00. The summed E-state index contributed by atoms with van der Waals surface area (Å²) in [6.07, 6.45) is 2.86. The van der Waals surface area contributed by atoms with Gasteiger partial charge in [0.05, 0.1) is 35.0 Å². The van der Waals surface area contributed by atoms with Crippen molar-refractivity contribution in [1.82, 2.24) is 9.71 Å². The van der Waals surface area contributed by atoms with Gasteiger partial charge in [0.1, 0.15) is 5.75 Å². The maximum Gasteiger partial charge on any atom is 0.315 e. The van der Waals surface area contributed by atoms with E-state index in [9.17, 15) is 18.0 Å². The number of thiazole rings is 1. The lowest BCUT2D eigenvalue weighted by Gasteiger charge is -2.13. The van der Waals surface area contributed by atoms with Crippen molar-refractivity contribution < 1.29 is 22.7 Å². The van der Waals surface area contributed by atoms with E-state index in [1.54, 1.807) is 24.3 Å². The van der Waals surface area contributed by atoms with Crippen LogP contribution in [0.1, 0.15) is 19.5 Å². The molecule has 12 heteroatoms. The molecule has 0 unspecified atom stereocenters. The monoisotopic (exact) mass is 472 g/mol. The third-order valence-corrected chi connectivity index (χ3v) is 6.32. The minimum absolute atomic E-state index is 0.00581. The number of amides is 2. The lowest BCUT2D eigenvalue weighted by Crippen LogP contribution is -2.29. The van der Waals surface area contributed by atoms with E-state index in [-0.39, 0.29) is 11.7 Å². The Kier molecular flexibility index (Phi) is 8.65. The van der Waals surface area contributed by atoms with Crippen molar-refractivity contribution in [1.29, 1.82) is 0 Å². The number of anilines is 2. The molecule has 30 heavy (non-hydrogen) atoms. The van der Waals surface area contributed by atoms with E-state index < -0.39 is 21.8 Å². The Balaban J connectivity index is 2.04. The Bertz CT molecular complexity index is 1010. The van der Waals surface area contributed by atoms with Crippen LogP contribution in [0.15, 0.2) is 28.5 Å². The van der Waals surface area contributed by atoms with Crippen LogP contribution in [0.4, 0.5) is 10.8 Å². The number of benzene rings is 1. The molecule has 0 fully saturated rings. The number of thioether (sulfide) groups is 1. The van der Waals surface area contributed by atoms with E-state index in [1.165, 1.54) is 11.8 Å². The molecule has 0 saturated heterocycles. The first-order valence-corrected chi connectivity index (χ1v) is 12.8. The predicted octanol–water partition coefficient (Wildman–Crippen LogP) is 2.53. The Labute approximate surface area is 184 Å². The molecule has 3 N–H and O–H groups in total. The quantitative estimate of drug-likeness (QED) is 0.378. The fraction of sp³-hybridized carbons (Fsp3) is 0.389. The molecule has 0 bridgehead atoms. The van der Waals surface area contributed by atoms with Gasteiger partial charge in [-0.25, -0.2) is 18.1 Å². The standard InChI is InChI=1S/C18H24N4O5S3/c1-11(2)10-27-14-8-6-5-7-12(14)20-15(23)16(24)22-18-21-13(17(28-3)29-18)9-19-30(4,25)26/h5-8,11,19H,9-10H2,1-4H3,(H,20,23)(H,21,22,24). The second kappa shape index (κ2) is 10.8. The summed E-state index contributed by atoms with van der Waals surface area (Å²) in [5.41, 5.74) is 0.862. The normalized spacial score (nSPS) is 11.4. The van der Waals surface area contributed by atoms with Crippen molar-refractivity contribution in [3.05, 3.63) is 30.0 Å². The topological polar surface area (TPSA) is 126 Å². The summed E-state index contributed by atoms with van der Waals surface area (Å²) in [6, 6.07) is 6.85. The third kappa shape index (κ3) is 7.59. The Morgan fingerprint density at radius 1 is 1.20 bits per heavy atom. The summed E-state index contributed by atoms with van der Waals surface area (Å²) in [4.78, 5) is 28.8. The van der Waals surface area contributed by atoms with Crippen LogP contribution in [0.3, 0.4) is 0 Å². The van der Waals surface area contributed by atoms with Crippen LogP contribution in [-0.4, -0.2) is 44.3 Å². The largest absolute Gasteiger partial charge is 0.491 e. The SMILES string of the molecule is CSc1sc(NC(=O)C(=O)Nc2ccccc2OCC(C)C)nc1CNS(C)(=O)=O. The maximum absolute atomic E-state index is 12.3. The van der Waals surface area contributed by atoms with Gasteiger partial charge in [0.15, 0.2) is 5.13 Å². The molecular formula is C18H24N4O5S3. The van der Waals surface area contributed by atoms with Gasteiger partial charge in [-0.15, -0.1) is 11.8 Å². The number of carbonyl (C=O) groups excluding carboxylic acids is 2. The van der Waals surface area contributed by atoms with E-state index in [4.69, 9.17) is 4.74 Å². The summed E-state index contributed by atoms with van der Waals surface area (Å²) < 4.78 is 31.3. The number of rotatable bonds is 9. The number of hydrogen-bond acceptors (Lipinski definition) is 8. The van der Waals surface area contributed by atoms with Crippen LogP contribution >= 0.6 is 23.1 Å². The lowest BCUT2D eigenvalue weighted by molar-refractivity contribution is -0.133. The average molecular weight is 473 g/mol. The van der Waals surface area contributed by atoms with Crippen LogP contribution in [0, 0.1) is 5.92 Å². The molecule has 0 radical (unpaired) electrons. The van der Waals surface area contributed by atoms with Crippen LogP contribution in [0.2, 0.25) is 0 Å². The predicted molar refractivity (Wildman–Crippen MR) is 120 cm³/mol.